The summed E-state index contributed by atoms with van der Waals surface area (Å²) in [5.74, 6) is -4.11. The molecular weight excluding hydrogens is 496 g/mol. The third-order valence-electron chi connectivity index (χ3n) is 5.00. The Kier molecular flexibility index (Phi) is 8.11. The molecule has 2 aromatic rings. The molecule has 0 aromatic heterocycles. The van der Waals surface area contributed by atoms with Crippen molar-refractivity contribution >= 4 is 39.6 Å². The molecule has 0 saturated heterocycles. The van der Waals surface area contributed by atoms with Crippen molar-refractivity contribution in [1.82, 2.24) is 5.32 Å². The molecule has 6 N–H and O–H groups in total. The van der Waals surface area contributed by atoms with Gasteiger partial charge in [-0.3, -0.25) is 9.35 Å². The second-order valence-corrected chi connectivity index (χ2v) is 9.15. The van der Waals surface area contributed by atoms with Crippen LogP contribution in [0.4, 0.5) is 5.69 Å². The Balaban J connectivity index is 1.93. The lowest BCUT2D eigenvalue weighted by Crippen LogP contribution is -2.46. The first-order chi connectivity index (χ1) is 17.0. The number of nitrogens with two attached hydrogens (primary N) is 2. The lowest BCUT2D eigenvalue weighted by Gasteiger charge is -2.20. The number of ether oxygens (including phenoxy) is 3. The molecule has 3 rings (SSSR count). The van der Waals surface area contributed by atoms with Crippen LogP contribution in [0.25, 0.3) is 0 Å². The number of esters is 2. The number of hydrogen-bond donors (Lipinski definition) is 4. The maximum absolute atomic E-state index is 12.9. The van der Waals surface area contributed by atoms with Crippen molar-refractivity contribution in [3.63, 3.8) is 0 Å². The van der Waals surface area contributed by atoms with Gasteiger partial charge in [0.25, 0.3) is 16.0 Å². The van der Waals surface area contributed by atoms with Crippen LogP contribution < -0.4 is 26.3 Å². The number of fused-ring (bicyclic) bond motifs is 2. The average molecular weight is 521 g/mol. The smallest absolute Gasteiger partial charge is 0.343 e. The lowest BCUT2D eigenvalue weighted by atomic mass is 10.0. The van der Waals surface area contributed by atoms with Gasteiger partial charge in [-0.05, 0) is 48.7 Å². The van der Waals surface area contributed by atoms with Crippen LogP contribution in [-0.2, 0) is 26.1 Å². The molecule has 2 aromatic carbocycles. The number of benzene rings is 2. The molecule has 36 heavy (non-hydrogen) atoms. The van der Waals surface area contributed by atoms with E-state index in [9.17, 15) is 22.8 Å². The first kappa shape index (κ1) is 26.4. The van der Waals surface area contributed by atoms with E-state index in [1.165, 1.54) is 24.3 Å². The average Bonchev–Trinajstić information content (AvgIpc) is 2.80. The summed E-state index contributed by atoms with van der Waals surface area (Å²) in [6.07, 6.45) is 0.842. The zero-order valence-electron chi connectivity index (χ0n) is 19.1. The number of carbonyl (C=O) groups excluding carboxylic acids is 3. The van der Waals surface area contributed by atoms with E-state index in [0.29, 0.717) is 24.1 Å². The molecule has 192 valence electrons. The summed E-state index contributed by atoms with van der Waals surface area (Å²) < 4.78 is 47.4. The number of hydrogen-bond acceptors (Lipinski definition) is 9. The summed E-state index contributed by atoms with van der Waals surface area (Å²) in [7, 11) is -3.63. The van der Waals surface area contributed by atoms with E-state index < -0.39 is 39.8 Å². The van der Waals surface area contributed by atoms with E-state index in [1.807, 2.05) is 0 Å². The first-order valence-electron chi connectivity index (χ1n) is 10.5. The summed E-state index contributed by atoms with van der Waals surface area (Å²) in [6, 6.07) is 7.20. The van der Waals surface area contributed by atoms with E-state index >= 15 is 0 Å². The topological polar surface area (TPSA) is 210 Å². The van der Waals surface area contributed by atoms with Gasteiger partial charge in [0.1, 0.15) is 11.8 Å². The second-order valence-electron chi connectivity index (χ2n) is 7.65. The molecule has 0 unspecified atom stereocenters. The summed E-state index contributed by atoms with van der Waals surface area (Å²) in [6.45, 7) is 0.117. The van der Waals surface area contributed by atoms with E-state index in [2.05, 4.69) is 15.0 Å². The Bertz CT molecular complexity index is 1320. The van der Waals surface area contributed by atoms with Crippen molar-refractivity contribution in [2.45, 2.75) is 18.9 Å². The number of guanidine groups is 1. The first-order valence-corrected chi connectivity index (χ1v) is 12.1. The van der Waals surface area contributed by atoms with E-state index in [-0.39, 0.29) is 35.2 Å². The number of aryl methyl sites for hydroxylation is 1. The standard InChI is InChI=1S/C22H24N4O9S/c1-33-21(29)16(11-36(30,31)32)26-19(27)15-5-2-6-17-18(15)34-9-3-4-12-10-13(25-22(23)24)7-8-14(12)20(28)35-17/h2,5-8,10,16H,3-4,9,11H2,1H3,(H,26,27)(H4,23,24,25)(H,30,31,32)/t16-/m0/s1. The number of carbonyl (C=O) groups is 3. The summed E-state index contributed by atoms with van der Waals surface area (Å²) in [5, 5.41) is 2.20. The van der Waals surface area contributed by atoms with Crippen LogP contribution in [-0.4, -0.2) is 62.3 Å². The Morgan fingerprint density at radius 3 is 2.67 bits per heavy atom. The molecular formula is C22H24N4O9S. The number of nitrogens with zero attached hydrogens (tertiary/aromatic N) is 1. The maximum atomic E-state index is 12.9. The molecule has 1 heterocycles. The lowest BCUT2D eigenvalue weighted by molar-refractivity contribution is -0.142. The maximum Gasteiger partial charge on any atom is 0.343 e. The fourth-order valence-corrected chi connectivity index (χ4v) is 4.12. The van der Waals surface area contributed by atoms with Crippen LogP contribution in [0.5, 0.6) is 11.5 Å². The van der Waals surface area contributed by atoms with Gasteiger partial charge in [-0.25, -0.2) is 14.6 Å². The van der Waals surface area contributed by atoms with Crippen molar-refractivity contribution in [3.8, 4) is 11.5 Å². The molecule has 0 aliphatic carbocycles. The molecule has 14 heteroatoms. The van der Waals surface area contributed by atoms with Crippen LogP contribution in [0.1, 0.15) is 32.7 Å². The molecule has 0 spiro atoms. The van der Waals surface area contributed by atoms with Crippen LogP contribution in [0.15, 0.2) is 41.4 Å². The number of nitrogens with one attached hydrogen (secondary N) is 1. The van der Waals surface area contributed by atoms with Crippen molar-refractivity contribution in [2.24, 2.45) is 16.5 Å². The highest BCUT2D eigenvalue weighted by atomic mass is 32.2. The van der Waals surface area contributed by atoms with Gasteiger partial charge in [-0.2, -0.15) is 8.42 Å². The Morgan fingerprint density at radius 1 is 1.25 bits per heavy atom. The Morgan fingerprint density at radius 2 is 2.00 bits per heavy atom. The minimum absolute atomic E-state index is 0.0711. The third-order valence-corrected chi connectivity index (χ3v) is 5.75. The van der Waals surface area contributed by atoms with Crippen LogP contribution in [0.2, 0.25) is 0 Å². The molecule has 0 fully saturated rings. The Hall–Kier alpha value is -4.17. The van der Waals surface area contributed by atoms with Crippen molar-refractivity contribution < 1.29 is 41.6 Å². The third kappa shape index (κ3) is 6.70. The quantitative estimate of drug-likeness (QED) is 0.134. The van der Waals surface area contributed by atoms with Crippen molar-refractivity contribution in [1.29, 1.82) is 0 Å². The molecule has 0 bridgehead atoms. The number of para-hydroxylation sites is 1. The molecule has 1 aliphatic rings. The van der Waals surface area contributed by atoms with E-state index in [1.54, 1.807) is 12.1 Å². The highest BCUT2D eigenvalue weighted by Crippen LogP contribution is 2.34. The van der Waals surface area contributed by atoms with Crippen LogP contribution in [0.3, 0.4) is 0 Å². The zero-order chi connectivity index (χ0) is 26.5. The van der Waals surface area contributed by atoms with Gasteiger partial charge in [0.15, 0.2) is 17.5 Å². The van der Waals surface area contributed by atoms with Crippen molar-refractivity contribution in [2.75, 3.05) is 19.5 Å². The fraction of sp³-hybridized carbons (Fsp3) is 0.273. The summed E-state index contributed by atoms with van der Waals surface area (Å²) >= 11 is 0. The van der Waals surface area contributed by atoms with Gasteiger partial charge in [0, 0.05) is 0 Å². The monoisotopic (exact) mass is 520 g/mol. The van der Waals surface area contributed by atoms with Gasteiger partial charge < -0.3 is 31.0 Å². The van der Waals surface area contributed by atoms with Crippen LogP contribution in [0, 0.1) is 0 Å². The SMILES string of the molecule is COC(=O)[C@H](CS(=O)(=O)O)NC(=O)c1cccc2c1OCCCc1cc(N=C(N)N)ccc1C(=O)O2. The number of amides is 1. The van der Waals surface area contributed by atoms with Gasteiger partial charge >= 0.3 is 11.9 Å². The molecule has 1 atom stereocenters. The largest absolute Gasteiger partial charge is 0.489 e. The van der Waals surface area contributed by atoms with Crippen molar-refractivity contribution in [3.05, 3.63) is 53.1 Å². The minimum atomic E-state index is -4.63. The second kappa shape index (κ2) is 11.0. The van der Waals surface area contributed by atoms with E-state index in [4.69, 9.17) is 25.5 Å². The molecule has 13 nitrogen and oxygen atoms in total. The van der Waals surface area contributed by atoms with Gasteiger partial charge in [0.2, 0.25) is 0 Å². The van der Waals surface area contributed by atoms with Gasteiger partial charge in [-0.15, -0.1) is 0 Å². The molecule has 0 saturated carbocycles. The van der Waals surface area contributed by atoms with Crippen LogP contribution >= 0.6 is 0 Å². The Labute approximate surface area is 206 Å². The molecule has 1 amide bonds. The highest BCUT2D eigenvalue weighted by molar-refractivity contribution is 7.85. The number of rotatable bonds is 6. The number of aliphatic imine (C=N–C) groups is 1. The normalized spacial score (nSPS) is 14.1. The minimum Gasteiger partial charge on any atom is -0.489 e. The summed E-state index contributed by atoms with van der Waals surface area (Å²) in [4.78, 5) is 41.8. The summed E-state index contributed by atoms with van der Waals surface area (Å²) in [5.41, 5.74) is 12.1. The van der Waals surface area contributed by atoms with E-state index in [0.717, 1.165) is 7.11 Å². The number of methoxy groups -OCH3 is 1. The van der Waals surface area contributed by atoms with Gasteiger partial charge in [-0.1, -0.05) is 6.07 Å². The predicted octanol–water partition coefficient (Wildman–Crippen LogP) is 0.295. The zero-order valence-corrected chi connectivity index (χ0v) is 19.9. The van der Waals surface area contributed by atoms with Gasteiger partial charge in [0.05, 0.1) is 30.5 Å². The molecule has 0 radical (unpaired) electrons. The predicted molar refractivity (Wildman–Crippen MR) is 127 cm³/mol. The fourth-order valence-electron chi connectivity index (χ4n) is 3.48. The highest BCUT2D eigenvalue weighted by Gasteiger charge is 2.30. The molecule has 1 aliphatic heterocycles.